The quantitative estimate of drug-likeness (QED) is 0.776. The van der Waals surface area contributed by atoms with Gasteiger partial charge in [-0.25, -0.2) is 0 Å². The normalized spacial score (nSPS) is 42.8. The Hall–Kier alpha value is 0.270. The number of likely N-dealkylation sites (tertiary alicyclic amines) is 1. The van der Waals surface area contributed by atoms with Crippen LogP contribution in [0, 0.1) is 5.92 Å². The number of hydrogen-bond acceptors (Lipinski definition) is 3. The van der Waals surface area contributed by atoms with Crippen LogP contribution >= 0.6 is 12.6 Å². The van der Waals surface area contributed by atoms with E-state index in [-0.39, 0.29) is 5.60 Å². The van der Waals surface area contributed by atoms with Crippen molar-refractivity contribution in [1.29, 1.82) is 0 Å². The van der Waals surface area contributed by atoms with Gasteiger partial charge in [0.05, 0.1) is 11.7 Å². The number of rotatable bonds is 2. The van der Waals surface area contributed by atoms with Gasteiger partial charge < -0.3 is 4.74 Å². The summed E-state index contributed by atoms with van der Waals surface area (Å²) in [5, 5.41) is 0.445. The highest BCUT2D eigenvalue weighted by Gasteiger charge is 2.45. The highest BCUT2D eigenvalue weighted by molar-refractivity contribution is 7.80. The fourth-order valence-electron chi connectivity index (χ4n) is 4.25. The molecule has 0 aromatic rings. The minimum atomic E-state index is 0.156. The molecule has 0 radical (unpaired) electrons. The number of thiol groups is 1. The Morgan fingerprint density at radius 3 is 2.37 bits per heavy atom. The van der Waals surface area contributed by atoms with Crippen LogP contribution in [0.25, 0.3) is 0 Å². The second kappa shape index (κ2) is 5.95. The molecule has 2 fully saturated rings. The van der Waals surface area contributed by atoms with Crippen molar-refractivity contribution in [3.05, 3.63) is 0 Å². The summed E-state index contributed by atoms with van der Waals surface area (Å²) in [5.41, 5.74) is 0.156. The van der Waals surface area contributed by atoms with Crippen molar-refractivity contribution in [1.82, 2.24) is 4.90 Å². The Balaban J connectivity index is 2.00. The summed E-state index contributed by atoms with van der Waals surface area (Å²) in [7, 11) is 0. The molecule has 2 rings (SSSR count). The van der Waals surface area contributed by atoms with Crippen LogP contribution in [0.5, 0.6) is 0 Å². The van der Waals surface area contributed by atoms with Gasteiger partial charge in [0.1, 0.15) is 0 Å². The molecule has 112 valence electrons. The predicted molar refractivity (Wildman–Crippen MR) is 85.0 cm³/mol. The molecule has 2 aliphatic heterocycles. The van der Waals surface area contributed by atoms with Crippen LogP contribution in [0.4, 0.5) is 0 Å². The average molecular weight is 285 g/mol. The molecule has 5 atom stereocenters. The summed E-state index contributed by atoms with van der Waals surface area (Å²) in [6.07, 6.45) is 5.26. The molecule has 2 aliphatic rings. The summed E-state index contributed by atoms with van der Waals surface area (Å²) < 4.78 is 6.51. The Bertz CT molecular complexity index is 275. The molecular formula is C16H31NOS. The molecule has 0 saturated carbocycles. The molecule has 0 bridgehead atoms. The minimum absolute atomic E-state index is 0.156. The SMILES string of the molecule is CC(S)C1CCC2(CCN(C(C)C)C(C)C2)OC1C. The lowest BCUT2D eigenvalue weighted by atomic mass is 9.76. The molecule has 2 heterocycles. The maximum atomic E-state index is 6.51. The lowest BCUT2D eigenvalue weighted by Gasteiger charge is -2.52. The zero-order valence-electron chi connectivity index (χ0n) is 13.2. The number of hydrogen-bond donors (Lipinski definition) is 1. The smallest absolute Gasteiger partial charge is 0.0713 e. The Labute approximate surface area is 124 Å². The van der Waals surface area contributed by atoms with Crippen LogP contribution in [0.2, 0.25) is 0 Å². The average Bonchev–Trinajstić information content (AvgIpc) is 2.27. The summed E-state index contributed by atoms with van der Waals surface area (Å²) in [6, 6.07) is 1.30. The monoisotopic (exact) mass is 285 g/mol. The van der Waals surface area contributed by atoms with Crippen molar-refractivity contribution in [3.8, 4) is 0 Å². The highest BCUT2D eigenvalue weighted by atomic mass is 32.1. The maximum absolute atomic E-state index is 6.51. The number of piperidine rings is 1. The largest absolute Gasteiger partial charge is 0.372 e. The third kappa shape index (κ3) is 3.30. The van der Waals surface area contributed by atoms with E-state index in [4.69, 9.17) is 4.74 Å². The molecule has 3 heteroatoms. The molecule has 0 aliphatic carbocycles. The molecule has 0 N–H and O–H groups in total. The molecule has 19 heavy (non-hydrogen) atoms. The van der Waals surface area contributed by atoms with Gasteiger partial charge in [-0.3, -0.25) is 4.90 Å². The molecule has 0 amide bonds. The third-order valence-corrected chi connectivity index (χ3v) is 5.70. The lowest BCUT2D eigenvalue weighted by Crippen LogP contribution is -2.56. The topological polar surface area (TPSA) is 12.5 Å². The van der Waals surface area contributed by atoms with Crippen LogP contribution in [0.3, 0.4) is 0 Å². The second-order valence-electron chi connectivity index (χ2n) is 7.08. The van der Waals surface area contributed by atoms with E-state index in [1.165, 1.54) is 32.2 Å². The van der Waals surface area contributed by atoms with Crippen molar-refractivity contribution in [2.75, 3.05) is 6.54 Å². The van der Waals surface area contributed by atoms with Crippen LogP contribution in [0.1, 0.15) is 60.3 Å². The summed E-state index contributed by atoms with van der Waals surface area (Å²) in [6.45, 7) is 12.6. The molecule has 1 spiro atoms. The fraction of sp³-hybridized carbons (Fsp3) is 1.00. The van der Waals surface area contributed by atoms with Crippen molar-refractivity contribution < 1.29 is 4.74 Å². The van der Waals surface area contributed by atoms with Crippen LogP contribution in [0.15, 0.2) is 0 Å². The van der Waals surface area contributed by atoms with Gasteiger partial charge in [0, 0.05) is 23.9 Å². The van der Waals surface area contributed by atoms with Crippen molar-refractivity contribution >= 4 is 12.6 Å². The number of ether oxygens (including phenoxy) is 1. The molecule has 0 aromatic carbocycles. The molecule has 0 aromatic heterocycles. The van der Waals surface area contributed by atoms with Gasteiger partial charge in [-0.2, -0.15) is 12.6 Å². The van der Waals surface area contributed by atoms with E-state index in [0.717, 1.165) is 0 Å². The zero-order chi connectivity index (χ0) is 14.2. The van der Waals surface area contributed by atoms with E-state index in [0.29, 0.717) is 29.4 Å². The van der Waals surface area contributed by atoms with Crippen LogP contribution < -0.4 is 0 Å². The Morgan fingerprint density at radius 2 is 1.89 bits per heavy atom. The Morgan fingerprint density at radius 1 is 1.21 bits per heavy atom. The van der Waals surface area contributed by atoms with E-state index in [1.54, 1.807) is 0 Å². The summed E-state index contributed by atoms with van der Waals surface area (Å²) in [4.78, 5) is 2.62. The van der Waals surface area contributed by atoms with Crippen LogP contribution in [-0.2, 0) is 4.74 Å². The van der Waals surface area contributed by atoms with E-state index in [2.05, 4.69) is 52.1 Å². The first-order valence-corrected chi connectivity index (χ1v) is 8.48. The standard InChI is InChI=1S/C16H31NOS/c1-11(2)17-9-8-16(10-12(17)3)7-6-15(14(5)19)13(4)18-16/h11-15,19H,6-10H2,1-5H3. The van der Waals surface area contributed by atoms with Gasteiger partial charge in [0.2, 0.25) is 0 Å². The molecular weight excluding hydrogens is 254 g/mol. The van der Waals surface area contributed by atoms with Gasteiger partial charge in [0.25, 0.3) is 0 Å². The molecule has 2 saturated heterocycles. The van der Waals surface area contributed by atoms with Crippen molar-refractivity contribution in [2.24, 2.45) is 5.92 Å². The molecule has 2 nitrogen and oxygen atoms in total. The fourth-order valence-corrected chi connectivity index (χ4v) is 4.64. The van der Waals surface area contributed by atoms with E-state index in [9.17, 15) is 0 Å². The van der Waals surface area contributed by atoms with E-state index >= 15 is 0 Å². The molecule has 5 unspecified atom stereocenters. The summed E-state index contributed by atoms with van der Waals surface area (Å²) >= 11 is 4.62. The first-order valence-electron chi connectivity index (χ1n) is 7.96. The van der Waals surface area contributed by atoms with Crippen LogP contribution in [-0.4, -0.2) is 40.5 Å². The maximum Gasteiger partial charge on any atom is 0.0713 e. The minimum Gasteiger partial charge on any atom is -0.372 e. The first kappa shape index (κ1) is 15.7. The van der Waals surface area contributed by atoms with E-state index in [1.807, 2.05) is 0 Å². The second-order valence-corrected chi connectivity index (χ2v) is 7.90. The summed E-state index contributed by atoms with van der Waals surface area (Å²) in [5.74, 6) is 0.618. The van der Waals surface area contributed by atoms with Gasteiger partial charge in [-0.05, 0) is 59.3 Å². The first-order chi connectivity index (χ1) is 8.84. The lowest BCUT2D eigenvalue weighted by molar-refractivity contribution is -0.177. The van der Waals surface area contributed by atoms with Gasteiger partial charge in [0.15, 0.2) is 0 Å². The Kier molecular flexibility index (Phi) is 4.90. The van der Waals surface area contributed by atoms with Crippen molar-refractivity contribution in [3.63, 3.8) is 0 Å². The highest BCUT2D eigenvalue weighted by Crippen LogP contribution is 2.43. The zero-order valence-corrected chi connectivity index (χ0v) is 14.1. The predicted octanol–water partition coefficient (Wildman–Crippen LogP) is 3.75. The van der Waals surface area contributed by atoms with Gasteiger partial charge in [-0.1, -0.05) is 6.92 Å². The van der Waals surface area contributed by atoms with Gasteiger partial charge in [-0.15, -0.1) is 0 Å². The van der Waals surface area contributed by atoms with Crippen molar-refractivity contribution in [2.45, 2.75) is 89.3 Å². The third-order valence-electron chi connectivity index (χ3n) is 5.31. The van der Waals surface area contributed by atoms with Gasteiger partial charge >= 0.3 is 0 Å². The number of nitrogens with zero attached hydrogens (tertiary/aromatic N) is 1. The van der Waals surface area contributed by atoms with E-state index < -0.39 is 0 Å².